The van der Waals surface area contributed by atoms with Gasteiger partial charge < -0.3 is 10.5 Å². The first kappa shape index (κ1) is 11.8. The fourth-order valence-electron chi connectivity index (χ4n) is 1.93. The molecular formula is C11H19N3OS. The molecule has 0 spiro atoms. The van der Waals surface area contributed by atoms with E-state index >= 15 is 0 Å². The lowest BCUT2D eigenvalue weighted by Crippen LogP contribution is -2.33. The molecule has 2 atom stereocenters. The summed E-state index contributed by atoms with van der Waals surface area (Å²) in [4.78, 5) is 4.37. The molecule has 1 aliphatic rings. The summed E-state index contributed by atoms with van der Waals surface area (Å²) < 4.78 is 10.1. The van der Waals surface area contributed by atoms with Gasteiger partial charge in [-0.1, -0.05) is 13.8 Å². The Morgan fingerprint density at radius 1 is 1.44 bits per heavy atom. The number of hydrogen-bond acceptors (Lipinski definition) is 5. The standard InChI is InChI=1S/C11H19N3OS/c1-7(2)10-13-11(16-14-10)15-9-5-3-4-8(12)6-9/h7-9H,3-6,12H2,1-2H3. The first-order valence-corrected chi connectivity index (χ1v) is 6.68. The van der Waals surface area contributed by atoms with Gasteiger partial charge in [-0.3, -0.25) is 0 Å². The first-order valence-electron chi connectivity index (χ1n) is 5.91. The smallest absolute Gasteiger partial charge is 0.293 e. The van der Waals surface area contributed by atoms with Crippen molar-refractivity contribution < 1.29 is 4.74 Å². The molecule has 1 aromatic heterocycles. The first-order chi connectivity index (χ1) is 7.65. The van der Waals surface area contributed by atoms with Crippen molar-refractivity contribution in [3.8, 4) is 5.19 Å². The van der Waals surface area contributed by atoms with Gasteiger partial charge in [0.15, 0.2) is 0 Å². The van der Waals surface area contributed by atoms with Gasteiger partial charge in [-0.2, -0.15) is 9.36 Å². The molecule has 0 bridgehead atoms. The number of aromatic nitrogens is 2. The van der Waals surface area contributed by atoms with Crippen LogP contribution in [-0.4, -0.2) is 21.5 Å². The van der Waals surface area contributed by atoms with Gasteiger partial charge in [0.25, 0.3) is 5.19 Å². The van der Waals surface area contributed by atoms with E-state index in [-0.39, 0.29) is 12.1 Å². The van der Waals surface area contributed by atoms with Crippen molar-refractivity contribution in [2.24, 2.45) is 5.73 Å². The second-order valence-corrected chi connectivity index (χ2v) is 5.45. The Morgan fingerprint density at radius 2 is 2.25 bits per heavy atom. The van der Waals surface area contributed by atoms with Crippen molar-refractivity contribution in [3.63, 3.8) is 0 Å². The second-order valence-electron chi connectivity index (χ2n) is 4.74. The van der Waals surface area contributed by atoms with E-state index in [1.807, 2.05) is 0 Å². The van der Waals surface area contributed by atoms with Gasteiger partial charge in [-0.05, 0) is 25.7 Å². The highest BCUT2D eigenvalue weighted by Gasteiger charge is 2.22. The normalized spacial score (nSPS) is 26.0. The fraction of sp³-hybridized carbons (Fsp3) is 0.818. The Bertz CT molecular complexity index is 340. The molecule has 16 heavy (non-hydrogen) atoms. The number of ether oxygens (including phenoxy) is 1. The van der Waals surface area contributed by atoms with Crippen LogP contribution in [0.4, 0.5) is 0 Å². The van der Waals surface area contributed by atoms with Crippen molar-refractivity contribution in [1.29, 1.82) is 0 Å². The van der Waals surface area contributed by atoms with Crippen LogP contribution in [0, 0.1) is 0 Å². The molecule has 1 saturated carbocycles. The monoisotopic (exact) mass is 241 g/mol. The third kappa shape index (κ3) is 2.92. The molecule has 4 nitrogen and oxygen atoms in total. The van der Waals surface area contributed by atoms with Crippen LogP contribution in [0.3, 0.4) is 0 Å². The van der Waals surface area contributed by atoms with Crippen molar-refractivity contribution >= 4 is 11.5 Å². The van der Waals surface area contributed by atoms with Crippen LogP contribution in [-0.2, 0) is 0 Å². The molecule has 0 saturated heterocycles. The maximum Gasteiger partial charge on any atom is 0.293 e. The summed E-state index contributed by atoms with van der Waals surface area (Å²) in [6, 6.07) is 0.288. The zero-order valence-electron chi connectivity index (χ0n) is 9.85. The Balaban J connectivity index is 1.92. The average Bonchev–Trinajstić information content (AvgIpc) is 2.66. The Hall–Kier alpha value is -0.680. The topological polar surface area (TPSA) is 61.0 Å². The van der Waals surface area contributed by atoms with Crippen molar-refractivity contribution in [2.75, 3.05) is 0 Å². The molecular weight excluding hydrogens is 222 g/mol. The molecule has 1 aliphatic carbocycles. The van der Waals surface area contributed by atoms with E-state index in [2.05, 4.69) is 23.2 Å². The van der Waals surface area contributed by atoms with E-state index < -0.39 is 0 Å². The highest BCUT2D eigenvalue weighted by molar-refractivity contribution is 7.07. The SMILES string of the molecule is CC(C)c1nsc(OC2CCCC(N)C2)n1. The number of nitrogens with two attached hydrogens (primary N) is 1. The predicted molar refractivity (Wildman–Crippen MR) is 64.9 cm³/mol. The third-order valence-corrected chi connectivity index (χ3v) is 3.50. The van der Waals surface area contributed by atoms with Crippen LogP contribution >= 0.6 is 11.5 Å². The predicted octanol–water partition coefficient (Wildman–Crippen LogP) is 2.31. The van der Waals surface area contributed by atoms with Crippen LogP contribution in [0.1, 0.15) is 51.3 Å². The molecule has 2 rings (SSSR count). The van der Waals surface area contributed by atoms with E-state index in [4.69, 9.17) is 10.5 Å². The van der Waals surface area contributed by atoms with E-state index in [0.29, 0.717) is 11.1 Å². The molecule has 2 unspecified atom stereocenters. The molecule has 1 aromatic rings. The molecule has 5 heteroatoms. The van der Waals surface area contributed by atoms with Gasteiger partial charge in [0, 0.05) is 23.5 Å². The Kier molecular flexibility index (Phi) is 3.76. The third-order valence-electron chi connectivity index (χ3n) is 2.87. The highest BCUT2D eigenvalue weighted by Crippen LogP contribution is 2.25. The Morgan fingerprint density at radius 3 is 2.88 bits per heavy atom. The second kappa shape index (κ2) is 5.10. The minimum absolute atomic E-state index is 0.233. The van der Waals surface area contributed by atoms with Crippen LogP contribution < -0.4 is 10.5 Å². The van der Waals surface area contributed by atoms with Gasteiger partial charge in [-0.15, -0.1) is 0 Å². The minimum atomic E-state index is 0.233. The summed E-state index contributed by atoms with van der Waals surface area (Å²) in [5.41, 5.74) is 5.92. The zero-order chi connectivity index (χ0) is 11.5. The van der Waals surface area contributed by atoms with Crippen LogP contribution in [0.25, 0.3) is 0 Å². The maximum atomic E-state index is 5.92. The quantitative estimate of drug-likeness (QED) is 0.882. The summed E-state index contributed by atoms with van der Waals surface area (Å²) in [6.07, 6.45) is 4.53. The molecule has 2 N–H and O–H groups in total. The summed E-state index contributed by atoms with van der Waals surface area (Å²) in [6.45, 7) is 4.17. The molecule has 1 fully saturated rings. The lowest BCUT2D eigenvalue weighted by molar-refractivity contribution is 0.143. The molecule has 1 heterocycles. The summed E-state index contributed by atoms with van der Waals surface area (Å²) in [5, 5.41) is 0.697. The summed E-state index contributed by atoms with van der Waals surface area (Å²) in [7, 11) is 0. The zero-order valence-corrected chi connectivity index (χ0v) is 10.7. The number of rotatable bonds is 3. The maximum absolute atomic E-state index is 5.92. The molecule has 0 aromatic carbocycles. The molecule has 0 radical (unpaired) electrons. The fourth-order valence-corrected chi connectivity index (χ4v) is 2.67. The summed E-state index contributed by atoms with van der Waals surface area (Å²) >= 11 is 1.35. The molecule has 0 amide bonds. The van der Waals surface area contributed by atoms with E-state index in [9.17, 15) is 0 Å². The van der Waals surface area contributed by atoms with Crippen LogP contribution in [0.2, 0.25) is 0 Å². The van der Waals surface area contributed by atoms with Gasteiger partial charge in [0.1, 0.15) is 11.9 Å². The van der Waals surface area contributed by atoms with E-state index in [1.54, 1.807) is 0 Å². The molecule has 90 valence electrons. The lowest BCUT2D eigenvalue weighted by atomic mass is 9.94. The van der Waals surface area contributed by atoms with Crippen molar-refractivity contribution in [1.82, 2.24) is 9.36 Å². The summed E-state index contributed by atoms with van der Waals surface area (Å²) in [5.74, 6) is 1.24. The minimum Gasteiger partial charge on any atom is -0.466 e. The lowest BCUT2D eigenvalue weighted by Gasteiger charge is -2.25. The van der Waals surface area contributed by atoms with Gasteiger partial charge in [0.2, 0.25) is 0 Å². The van der Waals surface area contributed by atoms with Crippen LogP contribution in [0.15, 0.2) is 0 Å². The number of nitrogens with zero attached hydrogens (tertiary/aromatic N) is 2. The van der Waals surface area contributed by atoms with Crippen molar-refractivity contribution in [2.45, 2.75) is 57.6 Å². The number of hydrogen-bond donors (Lipinski definition) is 1. The molecule has 0 aliphatic heterocycles. The van der Waals surface area contributed by atoms with Gasteiger partial charge in [-0.25, -0.2) is 0 Å². The van der Waals surface area contributed by atoms with Crippen molar-refractivity contribution in [3.05, 3.63) is 5.82 Å². The Labute approximate surface area is 100 Å². The average molecular weight is 241 g/mol. The largest absolute Gasteiger partial charge is 0.466 e. The van der Waals surface area contributed by atoms with Gasteiger partial charge in [0.05, 0.1) is 0 Å². The highest BCUT2D eigenvalue weighted by atomic mass is 32.1. The van der Waals surface area contributed by atoms with E-state index in [0.717, 1.165) is 31.5 Å². The van der Waals surface area contributed by atoms with E-state index in [1.165, 1.54) is 11.5 Å². The van der Waals surface area contributed by atoms with Crippen LogP contribution in [0.5, 0.6) is 5.19 Å². The van der Waals surface area contributed by atoms with Gasteiger partial charge >= 0.3 is 0 Å².